The molecular formula is C17H15N5O6S. The Morgan fingerprint density at radius 1 is 1.21 bits per heavy atom. The van der Waals surface area contributed by atoms with Gasteiger partial charge in [-0.05, 0) is 19.1 Å². The Hall–Kier alpha value is -3.54. The summed E-state index contributed by atoms with van der Waals surface area (Å²) in [5, 5.41) is 10.7. The highest BCUT2D eigenvalue weighted by molar-refractivity contribution is 7.99. The Balaban J connectivity index is 1.34. The number of hydrogen-bond donors (Lipinski definition) is 3. The van der Waals surface area contributed by atoms with E-state index < -0.39 is 11.2 Å². The lowest BCUT2D eigenvalue weighted by Crippen LogP contribution is -2.27. The van der Waals surface area contributed by atoms with Crippen molar-refractivity contribution in [1.29, 1.82) is 0 Å². The van der Waals surface area contributed by atoms with E-state index in [2.05, 4.69) is 25.5 Å². The largest absolute Gasteiger partial charge is 0.454 e. The predicted octanol–water partition coefficient (Wildman–Crippen LogP) is 0.805. The van der Waals surface area contributed by atoms with Crippen LogP contribution in [0.5, 0.6) is 11.5 Å². The van der Waals surface area contributed by atoms with E-state index in [9.17, 15) is 14.4 Å². The minimum absolute atomic E-state index is 0.0499. The molecule has 150 valence electrons. The first-order chi connectivity index (χ1) is 14.0. The summed E-state index contributed by atoms with van der Waals surface area (Å²) < 4.78 is 16.0. The fraction of sp³-hybridized carbons (Fsp3) is 0.235. The fourth-order valence-corrected chi connectivity index (χ4v) is 3.24. The summed E-state index contributed by atoms with van der Waals surface area (Å²) in [5.74, 6) is 1.19. The Labute approximate surface area is 166 Å². The second-order valence-electron chi connectivity index (χ2n) is 6.06. The molecule has 0 unspecified atom stereocenters. The van der Waals surface area contributed by atoms with Crippen molar-refractivity contribution in [3.63, 3.8) is 0 Å². The van der Waals surface area contributed by atoms with Crippen molar-refractivity contribution in [1.82, 2.24) is 20.2 Å². The number of benzene rings is 1. The van der Waals surface area contributed by atoms with Gasteiger partial charge in [0.1, 0.15) is 0 Å². The molecule has 29 heavy (non-hydrogen) atoms. The number of carbonyl (C=O) groups is 1. The molecule has 0 saturated heterocycles. The number of anilines is 1. The van der Waals surface area contributed by atoms with Crippen LogP contribution in [0, 0.1) is 6.92 Å². The number of thioether (sulfide) groups is 1. The van der Waals surface area contributed by atoms with Gasteiger partial charge < -0.3 is 24.2 Å². The third-order valence-electron chi connectivity index (χ3n) is 4.01. The summed E-state index contributed by atoms with van der Waals surface area (Å²) >= 11 is 1.06. The highest BCUT2D eigenvalue weighted by Crippen LogP contribution is 2.34. The molecule has 0 aliphatic carbocycles. The van der Waals surface area contributed by atoms with Crippen LogP contribution in [0.1, 0.15) is 17.1 Å². The quantitative estimate of drug-likeness (QED) is 0.495. The molecule has 4 rings (SSSR count). The number of H-pyrrole nitrogens is 2. The number of fused-ring (bicyclic) bond motifs is 1. The van der Waals surface area contributed by atoms with Gasteiger partial charge in [0.05, 0.1) is 12.2 Å². The first kappa shape index (κ1) is 18.8. The zero-order valence-electron chi connectivity index (χ0n) is 15.1. The number of aromatic amines is 2. The third-order valence-corrected chi connectivity index (χ3v) is 4.83. The zero-order valence-corrected chi connectivity index (χ0v) is 15.9. The van der Waals surface area contributed by atoms with E-state index in [1.807, 2.05) is 0 Å². The van der Waals surface area contributed by atoms with E-state index in [1.165, 1.54) is 0 Å². The molecule has 0 bridgehead atoms. The van der Waals surface area contributed by atoms with Crippen LogP contribution >= 0.6 is 11.8 Å². The summed E-state index contributed by atoms with van der Waals surface area (Å²) in [5.41, 5.74) is 0.242. The van der Waals surface area contributed by atoms with Crippen LogP contribution in [0.15, 0.2) is 37.4 Å². The van der Waals surface area contributed by atoms with E-state index in [0.29, 0.717) is 28.4 Å². The van der Waals surface area contributed by atoms with Crippen LogP contribution in [-0.4, -0.2) is 38.6 Å². The van der Waals surface area contributed by atoms with Crippen molar-refractivity contribution >= 4 is 23.4 Å². The number of nitrogens with zero attached hydrogens (tertiary/aromatic N) is 2. The SMILES string of the molecule is Cc1[nH]c(=O)[nH]c(=O)c1Cc1nnc(SCC(=O)Nc2ccc3c(c2)OCO3)o1. The number of aryl methyl sites for hydroxylation is 1. The van der Waals surface area contributed by atoms with Gasteiger partial charge in [-0.3, -0.25) is 14.6 Å². The minimum atomic E-state index is -0.577. The van der Waals surface area contributed by atoms with E-state index in [4.69, 9.17) is 13.9 Å². The summed E-state index contributed by atoms with van der Waals surface area (Å²) in [7, 11) is 0. The number of ether oxygens (including phenoxy) is 2. The lowest BCUT2D eigenvalue weighted by molar-refractivity contribution is -0.113. The molecular weight excluding hydrogens is 402 g/mol. The van der Waals surface area contributed by atoms with Gasteiger partial charge >= 0.3 is 5.69 Å². The van der Waals surface area contributed by atoms with Gasteiger partial charge in [0.15, 0.2) is 11.5 Å². The number of amides is 1. The Morgan fingerprint density at radius 3 is 2.86 bits per heavy atom. The van der Waals surface area contributed by atoms with Crippen LogP contribution in [0.25, 0.3) is 0 Å². The van der Waals surface area contributed by atoms with E-state index >= 15 is 0 Å². The van der Waals surface area contributed by atoms with Crippen molar-refractivity contribution in [2.75, 3.05) is 17.9 Å². The molecule has 0 atom stereocenters. The molecule has 0 radical (unpaired) electrons. The molecule has 0 fully saturated rings. The molecule has 1 aromatic carbocycles. The minimum Gasteiger partial charge on any atom is -0.454 e. The summed E-state index contributed by atoms with van der Waals surface area (Å²) in [4.78, 5) is 39.9. The number of nitrogens with one attached hydrogen (secondary N) is 3. The van der Waals surface area contributed by atoms with Gasteiger partial charge in [-0.15, -0.1) is 10.2 Å². The normalized spacial score (nSPS) is 12.2. The van der Waals surface area contributed by atoms with Gasteiger partial charge in [0.25, 0.3) is 10.8 Å². The second kappa shape index (κ2) is 7.83. The maximum absolute atomic E-state index is 12.1. The highest BCUT2D eigenvalue weighted by Gasteiger charge is 2.16. The van der Waals surface area contributed by atoms with Crippen LogP contribution in [-0.2, 0) is 11.2 Å². The lowest BCUT2D eigenvalue weighted by atomic mass is 10.2. The molecule has 3 heterocycles. The average molecular weight is 417 g/mol. The standard InChI is InChI=1S/C17H15N5O6S/c1-8-10(15(24)20-16(25)18-8)5-14-21-22-17(28-14)29-6-13(23)19-9-2-3-11-12(4-9)27-7-26-11/h2-4H,5-7H2,1H3,(H,19,23)(H2,18,20,24,25). The number of aromatic nitrogens is 4. The van der Waals surface area contributed by atoms with Crippen molar-refractivity contribution in [2.24, 2.45) is 0 Å². The number of rotatable bonds is 6. The molecule has 0 spiro atoms. The van der Waals surface area contributed by atoms with Crippen LogP contribution in [0.4, 0.5) is 5.69 Å². The van der Waals surface area contributed by atoms with Gasteiger partial charge in [-0.2, -0.15) is 0 Å². The maximum atomic E-state index is 12.1. The lowest BCUT2D eigenvalue weighted by Gasteiger charge is -2.05. The molecule has 2 aromatic heterocycles. The van der Waals surface area contributed by atoms with Crippen molar-refractivity contribution in [3.05, 3.63) is 56.2 Å². The Kier molecular flexibility index (Phi) is 5.08. The summed E-state index contributed by atoms with van der Waals surface area (Å²) in [6.45, 7) is 1.77. The van der Waals surface area contributed by atoms with E-state index in [1.54, 1.807) is 25.1 Å². The van der Waals surface area contributed by atoms with E-state index in [-0.39, 0.29) is 36.0 Å². The summed E-state index contributed by atoms with van der Waals surface area (Å²) in [6.07, 6.45) is 0.0644. The second-order valence-corrected chi connectivity index (χ2v) is 6.98. The smallest absolute Gasteiger partial charge is 0.325 e. The highest BCUT2D eigenvalue weighted by atomic mass is 32.2. The van der Waals surface area contributed by atoms with Crippen molar-refractivity contribution < 1.29 is 18.7 Å². The molecule has 1 aliphatic rings. The predicted molar refractivity (Wildman–Crippen MR) is 101 cm³/mol. The van der Waals surface area contributed by atoms with Crippen LogP contribution in [0.3, 0.4) is 0 Å². The molecule has 0 saturated carbocycles. The molecule has 11 nitrogen and oxygen atoms in total. The van der Waals surface area contributed by atoms with Crippen LogP contribution in [0.2, 0.25) is 0 Å². The number of hydrogen-bond acceptors (Lipinski definition) is 9. The first-order valence-corrected chi connectivity index (χ1v) is 9.43. The van der Waals surface area contributed by atoms with E-state index in [0.717, 1.165) is 11.8 Å². The van der Waals surface area contributed by atoms with Gasteiger partial charge in [-0.25, -0.2) is 4.79 Å². The molecule has 1 amide bonds. The molecule has 12 heteroatoms. The number of carbonyl (C=O) groups excluding carboxylic acids is 1. The van der Waals surface area contributed by atoms with Gasteiger partial charge in [0, 0.05) is 23.0 Å². The van der Waals surface area contributed by atoms with Crippen molar-refractivity contribution in [2.45, 2.75) is 18.6 Å². The zero-order chi connectivity index (χ0) is 20.4. The maximum Gasteiger partial charge on any atom is 0.325 e. The molecule has 3 aromatic rings. The summed E-state index contributed by atoms with van der Waals surface area (Å²) in [6, 6.07) is 5.11. The third kappa shape index (κ3) is 4.32. The Morgan fingerprint density at radius 2 is 2.03 bits per heavy atom. The van der Waals surface area contributed by atoms with Gasteiger partial charge in [-0.1, -0.05) is 11.8 Å². The topological polar surface area (TPSA) is 152 Å². The molecule has 1 aliphatic heterocycles. The average Bonchev–Trinajstić information content (AvgIpc) is 3.31. The van der Waals surface area contributed by atoms with Crippen molar-refractivity contribution in [3.8, 4) is 11.5 Å². The van der Waals surface area contributed by atoms with Crippen LogP contribution < -0.4 is 26.0 Å². The van der Waals surface area contributed by atoms with Gasteiger partial charge in [0.2, 0.25) is 18.6 Å². The first-order valence-electron chi connectivity index (χ1n) is 8.44. The monoisotopic (exact) mass is 417 g/mol. The fourth-order valence-electron chi connectivity index (χ4n) is 2.66. The Bertz CT molecular complexity index is 1180. The molecule has 3 N–H and O–H groups in total.